The summed E-state index contributed by atoms with van der Waals surface area (Å²) in [7, 11) is 0. The van der Waals surface area contributed by atoms with Gasteiger partial charge in [0.2, 0.25) is 5.91 Å². The molecule has 4 nitrogen and oxygen atoms in total. The molecule has 1 aromatic heterocycles. The lowest BCUT2D eigenvalue weighted by molar-refractivity contribution is -0.114. The molecule has 4 rings (SSSR count). The second-order valence-corrected chi connectivity index (χ2v) is 9.61. The third kappa shape index (κ3) is 2.85. The quantitative estimate of drug-likeness (QED) is 0.749. The van der Waals surface area contributed by atoms with Crippen LogP contribution in [0.4, 0.5) is 5.69 Å². The zero-order valence-corrected chi connectivity index (χ0v) is 16.1. The van der Waals surface area contributed by atoms with Gasteiger partial charge < -0.3 is 10.3 Å². The van der Waals surface area contributed by atoms with Gasteiger partial charge in [0.25, 0.3) is 0 Å². The number of benzene rings is 1. The summed E-state index contributed by atoms with van der Waals surface area (Å²) in [4.78, 5) is 28.1. The van der Waals surface area contributed by atoms with Gasteiger partial charge in [-0.05, 0) is 48.5 Å². The molecule has 138 valence electrons. The first-order valence-electron chi connectivity index (χ1n) is 9.59. The monoisotopic (exact) mass is 352 g/mol. The van der Waals surface area contributed by atoms with Crippen LogP contribution in [0.15, 0.2) is 24.4 Å². The minimum Gasteiger partial charge on any atom is -0.359 e. The van der Waals surface area contributed by atoms with Crippen molar-refractivity contribution in [3.63, 3.8) is 0 Å². The second-order valence-electron chi connectivity index (χ2n) is 9.61. The number of fused-ring (bicyclic) bond motifs is 3. The molecule has 1 heterocycles. The Morgan fingerprint density at radius 3 is 2.65 bits per heavy atom. The Balaban J connectivity index is 1.68. The van der Waals surface area contributed by atoms with Crippen LogP contribution < -0.4 is 5.32 Å². The molecule has 2 bridgehead atoms. The van der Waals surface area contributed by atoms with Crippen molar-refractivity contribution < 1.29 is 9.59 Å². The van der Waals surface area contributed by atoms with E-state index < -0.39 is 0 Å². The number of anilines is 1. The molecule has 2 aliphatic rings. The first-order chi connectivity index (χ1) is 12.2. The molecule has 2 aliphatic carbocycles. The molecule has 1 amide bonds. The average molecular weight is 352 g/mol. The van der Waals surface area contributed by atoms with E-state index in [1.54, 1.807) is 0 Å². The molecule has 2 saturated carbocycles. The van der Waals surface area contributed by atoms with Gasteiger partial charge in [-0.15, -0.1) is 0 Å². The molecule has 1 aromatic carbocycles. The summed E-state index contributed by atoms with van der Waals surface area (Å²) >= 11 is 0. The topological polar surface area (TPSA) is 62.0 Å². The van der Waals surface area contributed by atoms with Crippen molar-refractivity contribution in [3.05, 3.63) is 30.0 Å². The zero-order valence-electron chi connectivity index (χ0n) is 16.1. The first-order valence-corrected chi connectivity index (χ1v) is 9.59. The number of aromatic amines is 1. The van der Waals surface area contributed by atoms with Crippen molar-refractivity contribution in [1.82, 2.24) is 4.98 Å². The molecule has 0 radical (unpaired) electrons. The summed E-state index contributed by atoms with van der Waals surface area (Å²) in [6, 6.07) is 5.73. The van der Waals surface area contributed by atoms with Gasteiger partial charge in [0.15, 0.2) is 5.78 Å². The smallest absolute Gasteiger partial charge is 0.221 e. The molecule has 0 spiro atoms. The van der Waals surface area contributed by atoms with Gasteiger partial charge in [-0.25, -0.2) is 0 Å². The molecule has 26 heavy (non-hydrogen) atoms. The van der Waals surface area contributed by atoms with Gasteiger partial charge in [0.05, 0.1) is 11.2 Å². The fourth-order valence-corrected chi connectivity index (χ4v) is 6.01. The van der Waals surface area contributed by atoms with Crippen molar-refractivity contribution >= 4 is 28.3 Å². The maximum atomic E-state index is 13.4. The molecule has 4 heteroatoms. The van der Waals surface area contributed by atoms with E-state index in [-0.39, 0.29) is 17.6 Å². The van der Waals surface area contributed by atoms with Crippen molar-refractivity contribution in [2.75, 3.05) is 5.32 Å². The zero-order chi connectivity index (χ0) is 18.7. The van der Waals surface area contributed by atoms with Gasteiger partial charge in [-0.3, -0.25) is 9.59 Å². The molecule has 3 atom stereocenters. The van der Waals surface area contributed by atoms with E-state index in [9.17, 15) is 9.59 Å². The van der Waals surface area contributed by atoms with E-state index in [0.29, 0.717) is 16.7 Å². The van der Waals surface area contributed by atoms with Crippen LogP contribution in [0.1, 0.15) is 63.7 Å². The molecule has 3 unspecified atom stereocenters. The van der Waals surface area contributed by atoms with Crippen LogP contribution in [0.2, 0.25) is 0 Å². The molecule has 0 aliphatic heterocycles. The highest BCUT2D eigenvalue weighted by Gasteiger charge is 2.52. The summed E-state index contributed by atoms with van der Waals surface area (Å²) in [5, 5.41) is 3.75. The van der Waals surface area contributed by atoms with Crippen molar-refractivity contribution in [3.8, 4) is 0 Å². The summed E-state index contributed by atoms with van der Waals surface area (Å²) in [6.07, 6.45) is 6.34. The number of carbonyl (C=O) groups is 2. The summed E-state index contributed by atoms with van der Waals surface area (Å²) in [6.45, 7) is 8.54. The van der Waals surface area contributed by atoms with Crippen LogP contribution in [0, 0.1) is 22.7 Å². The van der Waals surface area contributed by atoms with E-state index in [2.05, 4.69) is 31.1 Å². The predicted octanol–water partition coefficient (Wildman–Crippen LogP) is 5.16. The summed E-state index contributed by atoms with van der Waals surface area (Å²) in [5.41, 5.74) is 2.95. The largest absolute Gasteiger partial charge is 0.359 e. The fraction of sp³-hybridized carbons (Fsp3) is 0.545. The highest BCUT2D eigenvalue weighted by atomic mass is 16.1. The van der Waals surface area contributed by atoms with Crippen LogP contribution in [-0.4, -0.2) is 16.7 Å². The normalized spacial score (nSPS) is 29.7. The lowest BCUT2D eigenvalue weighted by Crippen LogP contribution is -2.30. The van der Waals surface area contributed by atoms with Crippen LogP contribution in [0.5, 0.6) is 0 Å². The molecule has 2 fully saturated rings. The molecule has 0 saturated heterocycles. The number of nitrogens with one attached hydrogen (secondary N) is 2. The van der Waals surface area contributed by atoms with Crippen LogP contribution in [0.25, 0.3) is 10.9 Å². The maximum Gasteiger partial charge on any atom is 0.221 e. The summed E-state index contributed by atoms with van der Waals surface area (Å²) in [5.74, 6) is 0.757. The number of ketones is 1. The minimum absolute atomic E-state index is 0.111. The SMILES string of the molecule is CC(=O)Nc1cccc2c(C(=O)C3CC4(C)CC3CC(C)(C)C4)c[nH]c12. The Labute approximate surface area is 154 Å². The molecular formula is C22H28N2O2. The number of Topliss-reactive ketones (excluding diaryl/α,β-unsaturated/α-hetero) is 1. The maximum absolute atomic E-state index is 13.4. The average Bonchev–Trinajstić information content (AvgIpc) is 3.04. The van der Waals surface area contributed by atoms with E-state index >= 15 is 0 Å². The highest BCUT2D eigenvalue weighted by molar-refractivity contribution is 6.12. The predicted molar refractivity (Wildman–Crippen MR) is 104 cm³/mol. The second kappa shape index (κ2) is 5.70. The highest BCUT2D eigenvalue weighted by Crippen LogP contribution is 2.60. The van der Waals surface area contributed by atoms with Crippen molar-refractivity contribution in [1.29, 1.82) is 0 Å². The van der Waals surface area contributed by atoms with Crippen molar-refractivity contribution in [2.45, 2.75) is 53.4 Å². The van der Waals surface area contributed by atoms with Gasteiger partial charge in [-0.1, -0.05) is 32.9 Å². The van der Waals surface area contributed by atoms with Crippen LogP contribution in [-0.2, 0) is 4.79 Å². The van der Waals surface area contributed by atoms with Crippen molar-refractivity contribution in [2.24, 2.45) is 22.7 Å². The van der Waals surface area contributed by atoms with E-state index in [4.69, 9.17) is 0 Å². The van der Waals surface area contributed by atoms with E-state index in [1.807, 2.05) is 24.4 Å². The number of rotatable bonds is 3. The Hall–Kier alpha value is -2.10. The number of carbonyl (C=O) groups excluding carboxylic acids is 2. The lowest BCUT2D eigenvalue weighted by atomic mass is 9.65. The number of H-pyrrole nitrogens is 1. The van der Waals surface area contributed by atoms with Gasteiger partial charge >= 0.3 is 0 Å². The summed E-state index contributed by atoms with van der Waals surface area (Å²) < 4.78 is 0. The van der Waals surface area contributed by atoms with Gasteiger partial charge in [0.1, 0.15) is 0 Å². The number of hydrogen-bond donors (Lipinski definition) is 2. The number of para-hydroxylation sites is 1. The minimum atomic E-state index is -0.111. The Bertz CT molecular complexity index is 895. The van der Waals surface area contributed by atoms with Crippen LogP contribution in [0.3, 0.4) is 0 Å². The standard InChI is InChI=1S/C22H28N2O2/c1-13(25)24-18-7-5-6-15-17(11-23-19(15)18)20(26)16-10-22(4)9-14(16)8-21(2,3)12-22/h5-7,11,14,16,23H,8-10,12H2,1-4H3,(H,24,25). The Morgan fingerprint density at radius 1 is 1.15 bits per heavy atom. The third-order valence-electron chi connectivity index (χ3n) is 6.39. The Morgan fingerprint density at radius 2 is 1.92 bits per heavy atom. The Kier molecular flexibility index (Phi) is 3.80. The van der Waals surface area contributed by atoms with E-state index in [0.717, 1.165) is 35.0 Å². The first kappa shape index (κ1) is 17.3. The fourth-order valence-electron chi connectivity index (χ4n) is 6.01. The number of aromatic nitrogens is 1. The number of amides is 1. The third-order valence-corrected chi connectivity index (χ3v) is 6.39. The van der Waals surface area contributed by atoms with Crippen LogP contribution >= 0.6 is 0 Å². The lowest BCUT2D eigenvalue weighted by Gasteiger charge is -2.40. The molecule has 2 aromatic rings. The van der Waals surface area contributed by atoms with Gasteiger partial charge in [0, 0.05) is 30.0 Å². The molecular weight excluding hydrogens is 324 g/mol. The van der Waals surface area contributed by atoms with E-state index in [1.165, 1.54) is 19.8 Å². The van der Waals surface area contributed by atoms with Gasteiger partial charge in [-0.2, -0.15) is 0 Å². The number of hydrogen-bond acceptors (Lipinski definition) is 2. The molecule has 2 N–H and O–H groups in total.